The Balaban J connectivity index is 2.23. The maximum Gasteiger partial charge on any atom is 0.232 e. The van der Waals surface area contributed by atoms with Gasteiger partial charge in [0.25, 0.3) is 0 Å². The average molecular weight is 296 g/mol. The van der Waals surface area contributed by atoms with Gasteiger partial charge in [-0.25, -0.2) is 0 Å². The zero-order valence-electron chi connectivity index (χ0n) is 12.8. The lowest BCUT2D eigenvalue weighted by molar-refractivity contribution is 0.747. The predicted molar refractivity (Wildman–Crippen MR) is 87.1 cm³/mol. The van der Waals surface area contributed by atoms with Gasteiger partial charge in [0.05, 0.1) is 0 Å². The van der Waals surface area contributed by atoms with Gasteiger partial charge in [0, 0.05) is 44.7 Å². The van der Waals surface area contributed by atoms with E-state index in [2.05, 4.69) is 39.0 Å². The zero-order chi connectivity index (χ0) is 14.5. The highest BCUT2D eigenvalue weighted by atomic mass is 32.2. The average Bonchev–Trinajstić information content (AvgIpc) is 2.44. The first kappa shape index (κ1) is 15.2. The molecular formula is C13H24N6S. The van der Waals surface area contributed by atoms with Crippen molar-refractivity contribution in [2.24, 2.45) is 0 Å². The van der Waals surface area contributed by atoms with Crippen LogP contribution in [0.25, 0.3) is 0 Å². The van der Waals surface area contributed by atoms with Gasteiger partial charge in [-0.1, -0.05) is 13.8 Å². The number of anilines is 3. The second-order valence-corrected chi connectivity index (χ2v) is 6.75. The summed E-state index contributed by atoms with van der Waals surface area (Å²) in [4.78, 5) is 17.8. The molecule has 1 aromatic heterocycles. The molecule has 0 amide bonds. The van der Waals surface area contributed by atoms with Crippen LogP contribution in [0, 0.1) is 0 Å². The molecule has 1 saturated heterocycles. The third kappa shape index (κ3) is 3.88. The molecule has 0 radical (unpaired) electrons. The molecule has 2 rings (SSSR count). The number of nitrogens with one attached hydrogen (secondary N) is 1. The van der Waals surface area contributed by atoms with E-state index in [0.717, 1.165) is 37.8 Å². The first-order valence-corrected chi connectivity index (χ1v) is 8.19. The molecule has 20 heavy (non-hydrogen) atoms. The number of hydrogen-bond donors (Lipinski definition) is 1. The Bertz CT molecular complexity index is 439. The van der Waals surface area contributed by atoms with E-state index in [1.807, 2.05) is 30.8 Å². The van der Waals surface area contributed by atoms with Crippen molar-refractivity contribution in [3.05, 3.63) is 0 Å². The van der Waals surface area contributed by atoms with Gasteiger partial charge in [-0.2, -0.15) is 26.7 Å². The lowest BCUT2D eigenvalue weighted by atomic mass is 10.4. The van der Waals surface area contributed by atoms with E-state index in [-0.39, 0.29) is 0 Å². The van der Waals surface area contributed by atoms with Crippen LogP contribution in [-0.4, -0.2) is 59.7 Å². The smallest absolute Gasteiger partial charge is 0.232 e. The Labute approximate surface area is 125 Å². The molecule has 1 aliphatic heterocycles. The molecule has 1 fully saturated rings. The van der Waals surface area contributed by atoms with E-state index >= 15 is 0 Å². The Morgan fingerprint density at radius 1 is 1.35 bits per heavy atom. The molecule has 1 atom stereocenters. The first-order valence-electron chi connectivity index (χ1n) is 7.14. The van der Waals surface area contributed by atoms with E-state index in [1.54, 1.807) is 0 Å². The van der Waals surface area contributed by atoms with Crippen molar-refractivity contribution >= 4 is 29.6 Å². The van der Waals surface area contributed by atoms with Crippen LogP contribution in [0.2, 0.25) is 0 Å². The summed E-state index contributed by atoms with van der Waals surface area (Å²) in [6.45, 7) is 7.25. The summed E-state index contributed by atoms with van der Waals surface area (Å²) >= 11 is 2.01. The molecule has 1 aromatic rings. The lowest BCUT2D eigenvalue weighted by Gasteiger charge is -2.31. The fourth-order valence-electron chi connectivity index (χ4n) is 2.01. The van der Waals surface area contributed by atoms with Crippen molar-refractivity contribution in [3.63, 3.8) is 0 Å². The summed E-state index contributed by atoms with van der Waals surface area (Å²) in [7, 11) is 3.91. The zero-order valence-corrected chi connectivity index (χ0v) is 13.6. The molecule has 6 nitrogen and oxygen atoms in total. The van der Waals surface area contributed by atoms with Crippen LogP contribution >= 0.6 is 11.8 Å². The standard InChI is InChI=1S/C13H24N6S/c1-5-6-14-11-15-12(18(3)4)17-13(16-11)19-7-8-20-10(2)9-19/h10H,5-9H2,1-4H3,(H,14,15,16,17). The van der Waals surface area contributed by atoms with Gasteiger partial charge in [0.15, 0.2) is 0 Å². The molecule has 0 spiro atoms. The third-order valence-corrected chi connectivity index (χ3v) is 4.21. The first-order chi connectivity index (χ1) is 9.60. The number of thioether (sulfide) groups is 1. The van der Waals surface area contributed by atoms with Gasteiger partial charge in [-0.05, 0) is 6.42 Å². The van der Waals surface area contributed by atoms with Crippen LogP contribution in [0.15, 0.2) is 0 Å². The van der Waals surface area contributed by atoms with Crippen molar-refractivity contribution < 1.29 is 0 Å². The molecule has 1 N–H and O–H groups in total. The summed E-state index contributed by atoms with van der Waals surface area (Å²) < 4.78 is 0. The van der Waals surface area contributed by atoms with Crippen LogP contribution in [0.1, 0.15) is 20.3 Å². The number of nitrogens with zero attached hydrogens (tertiary/aromatic N) is 5. The molecule has 7 heteroatoms. The fourth-order valence-corrected chi connectivity index (χ4v) is 3.02. The molecule has 112 valence electrons. The van der Waals surface area contributed by atoms with Gasteiger partial charge < -0.3 is 15.1 Å². The van der Waals surface area contributed by atoms with Crippen molar-refractivity contribution in [1.29, 1.82) is 0 Å². The van der Waals surface area contributed by atoms with Crippen LogP contribution in [0.3, 0.4) is 0 Å². The van der Waals surface area contributed by atoms with E-state index in [9.17, 15) is 0 Å². The third-order valence-electron chi connectivity index (χ3n) is 3.07. The van der Waals surface area contributed by atoms with Crippen molar-refractivity contribution in [2.75, 3.05) is 54.6 Å². The molecular weight excluding hydrogens is 272 g/mol. The number of aromatic nitrogens is 3. The Kier molecular flexibility index (Phi) is 5.28. The minimum Gasteiger partial charge on any atom is -0.354 e. The quantitative estimate of drug-likeness (QED) is 0.887. The maximum atomic E-state index is 4.58. The van der Waals surface area contributed by atoms with Gasteiger partial charge in [0.1, 0.15) is 0 Å². The Morgan fingerprint density at radius 2 is 2.15 bits per heavy atom. The summed E-state index contributed by atoms with van der Waals surface area (Å²) in [5.74, 6) is 3.29. The lowest BCUT2D eigenvalue weighted by Crippen LogP contribution is -2.38. The molecule has 0 bridgehead atoms. The van der Waals surface area contributed by atoms with Crippen LogP contribution in [0.5, 0.6) is 0 Å². The van der Waals surface area contributed by atoms with E-state index in [1.165, 1.54) is 0 Å². The summed E-state index contributed by atoms with van der Waals surface area (Å²) in [6, 6.07) is 0. The molecule has 0 aromatic carbocycles. The molecule has 0 saturated carbocycles. The van der Waals surface area contributed by atoms with E-state index in [4.69, 9.17) is 0 Å². The topological polar surface area (TPSA) is 57.2 Å². The molecule has 0 aliphatic carbocycles. The molecule has 2 heterocycles. The normalized spacial score (nSPS) is 19.0. The van der Waals surface area contributed by atoms with Crippen LogP contribution in [0.4, 0.5) is 17.8 Å². The predicted octanol–water partition coefficient (Wildman–Crippen LogP) is 1.70. The van der Waals surface area contributed by atoms with Crippen molar-refractivity contribution in [3.8, 4) is 0 Å². The van der Waals surface area contributed by atoms with Crippen molar-refractivity contribution in [1.82, 2.24) is 15.0 Å². The SMILES string of the molecule is CCCNc1nc(N(C)C)nc(N2CCSC(C)C2)n1. The fraction of sp³-hybridized carbons (Fsp3) is 0.769. The van der Waals surface area contributed by atoms with Gasteiger partial charge >= 0.3 is 0 Å². The Hall–Kier alpha value is -1.24. The highest BCUT2D eigenvalue weighted by molar-refractivity contribution is 8.00. The maximum absolute atomic E-state index is 4.58. The second kappa shape index (κ2) is 6.97. The van der Waals surface area contributed by atoms with Gasteiger partial charge in [-0.15, -0.1) is 0 Å². The summed E-state index contributed by atoms with van der Waals surface area (Å²) in [5, 5.41) is 3.88. The summed E-state index contributed by atoms with van der Waals surface area (Å²) in [5.41, 5.74) is 0. The van der Waals surface area contributed by atoms with Crippen LogP contribution in [-0.2, 0) is 0 Å². The van der Waals surface area contributed by atoms with Crippen LogP contribution < -0.4 is 15.1 Å². The van der Waals surface area contributed by atoms with Gasteiger partial charge in [0.2, 0.25) is 17.8 Å². The second-order valence-electron chi connectivity index (χ2n) is 5.21. The monoisotopic (exact) mass is 296 g/mol. The highest BCUT2D eigenvalue weighted by Crippen LogP contribution is 2.23. The molecule has 1 unspecified atom stereocenters. The number of rotatable bonds is 5. The van der Waals surface area contributed by atoms with E-state index in [0.29, 0.717) is 17.1 Å². The van der Waals surface area contributed by atoms with Crippen molar-refractivity contribution in [2.45, 2.75) is 25.5 Å². The Morgan fingerprint density at radius 3 is 2.80 bits per heavy atom. The van der Waals surface area contributed by atoms with Gasteiger partial charge in [-0.3, -0.25) is 0 Å². The highest BCUT2D eigenvalue weighted by Gasteiger charge is 2.20. The minimum atomic E-state index is 0.621. The molecule has 1 aliphatic rings. The number of hydrogen-bond acceptors (Lipinski definition) is 7. The minimum absolute atomic E-state index is 0.621. The van der Waals surface area contributed by atoms with E-state index < -0.39 is 0 Å². The summed E-state index contributed by atoms with van der Waals surface area (Å²) in [6.07, 6.45) is 1.05. The largest absolute Gasteiger partial charge is 0.354 e.